The first-order valence-corrected chi connectivity index (χ1v) is 6.83. The van der Waals surface area contributed by atoms with Gasteiger partial charge < -0.3 is 14.8 Å². The van der Waals surface area contributed by atoms with E-state index in [-0.39, 0.29) is 0 Å². The molecule has 5 nitrogen and oxygen atoms in total. The lowest BCUT2D eigenvalue weighted by Gasteiger charge is -2.09. The zero-order valence-electron chi connectivity index (χ0n) is 11.8. The zero-order valence-corrected chi connectivity index (χ0v) is 12.5. The molecule has 1 heterocycles. The maximum absolute atomic E-state index is 5.91. The Morgan fingerprint density at radius 2 is 2.11 bits per heavy atom. The van der Waals surface area contributed by atoms with Crippen molar-refractivity contribution in [1.82, 2.24) is 9.97 Å². The summed E-state index contributed by atoms with van der Waals surface area (Å²) in [6.07, 6.45) is 1.08. The van der Waals surface area contributed by atoms with Crippen molar-refractivity contribution in [2.75, 3.05) is 32.2 Å². The van der Waals surface area contributed by atoms with E-state index >= 15 is 0 Å². The van der Waals surface area contributed by atoms with Crippen LogP contribution in [-0.4, -0.2) is 36.8 Å². The Hall–Kier alpha value is -0.910. The van der Waals surface area contributed by atoms with Gasteiger partial charge in [-0.15, -0.1) is 0 Å². The Morgan fingerprint density at radius 3 is 2.79 bits per heavy atom. The van der Waals surface area contributed by atoms with Crippen LogP contribution in [0.5, 0.6) is 0 Å². The molecular weight excluding hydrogens is 266 g/mol. The Kier molecular flexibility index (Phi) is 7.70. The van der Waals surface area contributed by atoms with Crippen molar-refractivity contribution in [2.24, 2.45) is 5.92 Å². The van der Waals surface area contributed by atoms with Crippen LogP contribution in [0.1, 0.15) is 26.1 Å². The smallest absolute Gasteiger partial charge is 0.158 e. The standard InChI is InChI=1S/C13H22ClN3O2/c1-10(2)4-6-19-7-5-15-12-8-11(14)16-13(17-12)9-18-3/h8,10H,4-7,9H2,1-3H3,(H,15,16,17). The van der Waals surface area contributed by atoms with Crippen LogP contribution in [0.15, 0.2) is 6.07 Å². The Morgan fingerprint density at radius 1 is 1.32 bits per heavy atom. The van der Waals surface area contributed by atoms with Gasteiger partial charge in [0, 0.05) is 26.3 Å². The summed E-state index contributed by atoms with van der Waals surface area (Å²) in [5, 5.41) is 3.56. The van der Waals surface area contributed by atoms with Gasteiger partial charge >= 0.3 is 0 Å². The van der Waals surface area contributed by atoms with Crippen molar-refractivity contribution in [2.45, 2.75) is 26.9 Å². The lowest BCUT2D eigenvalue weighted by Crippen LogP contribution is -2.12. The minimum absolute atomic E-state index is 0.347. The molecule has 0 unspecified atom stereocenters. The fourth-order valence-electron chi connectivity index (χ4n) is 1.42. The van der Waals surface area contributed by atoms with Gasteiger partial charge in [0.15, 0.2) is 5.82 Å². The number of hydrogen-bond donors (Lipinski definition) is 1. The first-order valence-electron chi connectivity index (χ1n) is 6.46. The number of rotatable bonds is 9. The summed E-state index contributed by atoms with van der Waals surface area (Å²) in [4.78, 5) is 8.34. The number of nitrogens with one attached hydrogen (secondary N) is 1. The van der Waals surface area contributed by atoms with Crippen molar-refractivity contribution >= 4 is 17.4 Å². The highest BCUT2D eigenvalue weighted by Crippen LogP contribution is 2.11. The molecule has 1 rings (SSSR count). The number of ether oxygens (including phenoxy) is 2. The molecule has 0 saturated carbocycles. The number of hydrogen-bond acceptors (Lipinski definition) is 5. The summed E-state index contributed by atoms with van der Waals surface area (Å²) in [6, 6.07) is 1.69. The number of nitrogens with zero attached hydrogens (tertiary/aromatic N) is 2. The predicted molar refractivity (Wildman–Crippen MR) is 76.5 cm³/mol. The Labute approximate surface area is 119 Å². The van der Waals surface area contributed by atoms with Crippen LogP contribution in [0.4, 0.5) is 5.82 Å². The van der Waals surface area contributed by atoms with Gasteiger partial charge in [-0.05, 0) is 12.3 Å². The second-order valence-electron chi connectivity index (χ2n) is 4.65. The molecule has 6 heteroatoms. The average molecular weight is 288 g/mol. The molecule has 0 aliphatic heterocycles. The maximum Gasteiger partial charge on any atom is 0.158 e. The monoisotopic (exact) mass is 287 g/mol. The lowest BCUT2D eigenvalue weighted by molar-refractivity contribution is 0.132. The van der Waals surface area contributed by atoms with Crippen molar-refractivity contribution < 1.29 is 9.47 Å². The molecular formula is C13H22ClN3O2. The second-order valence-corrected chi connectivity index (χ2v) is 5.03. The maximum atomic E-state index is 5.91. The van der Waals surface area contributed by atoms with E-state index in [1.54, 1.807) is 13.2 Å². The molecule has 1 aromatic heterocycles. The van der Waals surface area contributed by atoms with Gasteiger partial charge in [-0.3, -0.25) is 0 Å². The normalized spacial score (nSPS) is 11.0. The first-order chi connectivity index (χ1) is 9.11. The molecule has 0 atom stereocenters. The van der Waals surface area contributed by atoms with Gasteiger partial charge in [0.1, 0.15) is 17.6 Å². The molecule has 0 aliphatic carbocycles. The molecule has 0 amide bonds. The van der Waals surface area contributed by atoms with Gasteiger partial charge in [-0.2, -0.15) is 0 Å². The molecule has 19 heavy (non-hydrogen) atoms. The van der Waals surface area contributed by atoms with Crippen LogP contribution >= 0.6 is 11.6 Å². The third-order valence-electron chi connectivity index (χ3n) is 2.41. The van der Waals surface area contributed by atoms with Crippen LogP contribution in [-0.2, 0) is 16.1 Å². The predicted octanol–water partition coefficient (Wildman–Crippen LogP) is 2.75. The van der Waals surface area contributed by atoms with E-state index in [0.717, 1.165) is 13.0 Å². The van der Waals surface area contributed by atoms with Crippen LogP contribution < -0.4 is 5.32 Å². The van der Waals surface area contributed by atoms with Crippen LogP contribution in [0.2, 0.25) is 5.15 Å². The quantitative estimate of drug-likeness (QED) is 0.559. The Bertz CT molecular complexity index is 375. The highest BCUT2D eigenvalue weighted by Gasteiger charge is 2.02. The molecule has 0 aliphatic rings. The number of aromatic nitrogens is 2. The molecule has 0 saturated heterocycles. The Balaban J connectivity index is 2.28. The van der Waals surface area contributed by atoms with Gasteiger partial charge in [-0.25, -0.2) is 9.97 Å². The van der Waals surface area contributed by atoms with E-state index in [4.69, 9.17) is 21.1 Å². The summed E-state index contributed by atoms with van der Waals surface area (Å²) in [5.74, 6) is 1.93. The van der Waals surface area contributed by atoms with Crippen LogP contribution in [0, 0.1) is 5.92 Å². The van der Waals surface area contributed by atoms with Crippen molar-refractivity contribution in [3.8, 4) is 0 Å². The van der Waals surface area contributed by atoms with Gasteiger partial charge in [0.05, 0.1) is 6.61 Å². The van der Waals surface area contributed by atoms with Crippen LogP contribution in [0.25, 0.3) is 0 Å². The van der Waals surface area contributed by atoms with Gasteiger partial charge in [0.25, 0.3) is 0 Å². The fraction of sp³-hybridized carbons (Fsp3) is 0.692. The molecule has 0 spiro atoms. The fourth-order valence-corrected chi connectivity index (χ4v) is 1.62. The molecule has 0 radical (unpaired) electrons. The molecule has 0 aromatic carbocycles. The number of methoxy groups -OCH3 is 1. The summed E-state index contributed by atoms with van der Waals surface area (Å²) in [5.41, 5.74) is 0. The molecule has 1 aromatic rings. The minimum atomic E-state index is 0.347. The van der Waals surface area contributed by atoms with Crippen LogP contribution in [0.3, 0.4) is 0 Å². The summed E-state index contributed by atoms with van der Waals surface area (Å²) >= 11 is 5.91. The topological polar surface area (TPSA) is 56.3 Å². The van der Waals surface area contributed by atoms with E-state index in [1.165, 1.54) is 0 Å². The van der Waals surface area contributed by atoms with E-state index < -0.39 is 0 Å². The average Bonchev–Trinajstić information content (AvgIpc) is 2.33. The number of anilines is 1. The molecule has 108 valence electrons. The summed E-state index contributed by atoms with van der Waals surface area (Å²) < 4.78 is 10.5. The van der Waals surface area contributed by atoms with Crippen molar-refractivity contribution in [1.29, 1.82) is 0 Å². The molecule has 0 bridgehead atoms. The highest BCUT2D eigenvalue weighted by atomic mass is 35.5. The third-order valence-corrected chi connectivity index (χ3v) is 2.60. The SMILES string of the molecule is COCc1nc(Cl)cc(NCCOCCC(C)C)n1. The van der Waals surface area contributed by atoms with E-state index in [0.29, 0.717) is 42.5 Å². The number of halogens is 1. The zero-order chi connectivity index (χ0) is 14.1. The minimum Gasteiger partial charge on any atom is -0.380 e. The van der Waals surface area contributed by atoms with Gasteiger partial charge in [-0.1, -0.05) is 25.4 Å². The third kappa shape index (κ3) is 7.30. The van der Waals surface area contributed by atoms with Crippen molar-refractivity contribution in [3.05, 3.63) is 17.0 Å². The second kappa shape index (κ2) is 9.07. The summed E-state index contributed by atoms with van der Waals surface area (Å²) in [7, 11) is 1.60. The first kappa shape index (κ1) is 16.1. The lowest BCUT2D eigenvalue weighted by atomic mass is 10.1. The van der Waals surface area contributed by atoms with Crippen molar-refractivity contribution in [3.63, 3.8) is 0 Å². The van der Waals surface area contributed by atoms with Gasteiger partial charge in [0.2, 0.25) is 0 Å². The van der Waals surface area contributed by atoms with E-state index in [1.807, 2.05) is 0 Å². The molecule has 0 fully saturated rings. The molecule has 1 N–H and O–H groups in total. The van der Waals surface area contributed by atoms with E-state index in [2.05, 4.69) is 29.1 Å². The van der Waals surface area contributed by atoms with E-state index in [9.17, 15) is 0 Å². The largest absolute Gasteiger partial charge is 0.380 e. The highest BCUT2D eigenvalue weighted by molar-refractivity contribution is 6.29. The summed E-state index contributed by atoms with van der Waals surface area (Å²) in [6.45, 7) is 6.84.